The number of anilines is 1. The molecule has 0 aliphatic heterocycles. The fraction of sp³-hybridized carbons (Fsp3) is 0.0909. The van der Waals surface area contributed by atoms with Gasteiger partial charge < -0.3 is 15.8 Å². The molecule has 0 spiro atoms. The van der Waals surface area contributed by atoms with Crippen LogP contribution in [0, 0.1) is 0 Å². The van der Waals surface area contributed by atoms with E-state index in [0.29, 0.717) is 5.95 Å². The van der Waals surface area contributed by atoms with Gasteiger partial charge in [-0.15, -0.1) is 0 Å². The number of nitrogens with two attached hydrogens (primary N) is 1. The van der Waals surface area contributed by atoms with E-state index in [-0.39, 0.29) is 6.42 Å². The molecule has 0 saturated carbocycles. The van der Waals surface area contributed by atoms with Crippen LogP contribution < -0.4 is 5.73 Å². The van der Waals surface area contributed by atoms with Gasteiger partial charge in [-0.05, 0) is 11.1 Å². The number of aromatic nitrogens is 2. The van der Waals surface area contributed by atoms with E-state index in [4.69, 9.17) is 10.8 Å². The molecule has 1 aromatic carbocycles. The van der Waals surface area contributed by atoms with Gasteiger partial charge >= 0.3 is 5.97 Å². The zero-order valence-electron chi connectivity index (χ0n) is 8.47. The van der Waals surface area contributed by atoms with Crippen molar-refractivity contribution >= 4 is 11.9 Å². The average Bonchev–Trinajstić information content (AvgIpc) is 2.65. The van der Waals surface area contributed by atoms with E-state index in [1.807, 2.05) is 12.1 Å². The van der Waals surface area contributed by atoms with Gasteiger partial charge in [-0.2, -0.15) is 0 Å². The summed E-state index contributed by atoms with van der Waals surface area (Å²) in [4.78, 5) is 17.3. The Bertz CT molecular complexity index is 502. The molecule has 4 N–H and O–H groups in total. The number of benzene rings is 1. The minimum Gasteiger partial charge on any atom is -0.481 e. The number of aromatic amines is 1. The summed E-state index contributed by atoms with van der Waals surface area (Å²) in [5.74, 6) is -0.469. The zero-order valence-corrected chi connectivity index (χ0v) is 8.47. The monoisotopic (exact) mass is 217 g/mol. The molecule has 0 amide bonds. The highest BCUT2D eigenvalue weighted by atomic mass is 16.4. The van der Waals surface area contributed by atoms with Gasteiger partial charge in [-0.1, -0.05) is 24.3 Å². The lowest BCUT2D eigenvalue weighted by molar-refractivity contribution is -0.136. The normalized spacial score (nSPS) is 10.2. The maximum absolute atomic E-state index is 10.5. The Kier molecular flexibility index (Phi) is 2.59. The molecule has 0 saturated heterocycles. The highest BCUT2D eigenvalue weighted by Gasteiger charge is 2.03. The van der Waals surface area contributed by atoms with Gasteiger partial charge in [0, 0.05) is 0 Å². The zero-order chi connectivity index (χ0) is 11.5. The number of nitrogens with zero attached hydrogens (tertiary/aromatic N) is 1. The predicted octanol–water partition coefficient (Wildman–Crippen LogP) is 1.29. The minimum atomic E-state index is -0.835. The van der Waals surface area contributed by atoms with Crippen LogP contribution in [0.25, 0.3) is 11.3 Å². The molecule has 1 heterocycles. The lowest BCUT2D eigenvalue weighted by Gasteiger charge is -2.00. The molecule has 5 heteroatoms. The van der Waals surface area contributed by atoms with Crippen LogP contribution >= 0.6 is 0 Å². The van der Waals surface area contributed by atoms with E-state index in [2.05, 4.69) is 9.97 Å². The first kappa shape index (κ1) is 10.2. The molecule has 0 aliphatic carbocycles. The topological polar surface area (TPSA) is 92.0 Å². The Morgan fingerprint density at radius 2 is 2.06 bits per heavy atom. The SMILES string of the molecule is Nc1ncc(-c2ccc(CC(=O)O)cc2)[nH]1. The highest BCUT2D eigenvalue weighted by molar-refractivity contribution is 5.70. The summed E-state index contributed by atoms with van der Waals surface area (Å²) in [6.45, 7) is 0. The van der Waals surface area contributed by atoms with Crippen LogP contribution in [0.5, 0.6) is 0 Å². The molecular weight excluding hydrogens is 206 g/mol. The number of imidazole rings is 1. The van der Waals surface area contributed by atoms with E-state index in [9.17, 15) is 4.79 Å². The second kappa shape index (κ2) is 4.06. The molecule has 0 unspecified atom stereocenters. The van der Waals surface area contributed by atoms with E-state index in [1.54, 1.807) is 18.3 Å². The molecule has 0 bridgehead atoms. The van der Waals surface area contributed by atoms with Crippen molar-refractivity contribution < 1.29 is 9.90 Å². The minimum absolute atomic E-state index is 0.0331. The maximum atomic E-state index is 10.5. The van der Waals surface area contributed by atoms with Crippen molar-refractivity contribution in [1.29, 1.82) is 0 Å². The smallest absolute Gasteiger partial charge is 0.307 e. The third-order valence-corrected chi connectivity index (χ3v) is 2.22. The number of rotatable bonds is 3. The first-order valence-corrected chi connectivity index (χ1v) is 4.77. The molecule has 16 heavy (non-hydrogen) atoms. The number of carboxylic acid groups (broad SMARTS) is 1. The molecule has 0 fully saturated rings. The number of nitrogen functional groups attached to an aromatic ring is 1. The quantitative estimate of drug-likeness (QED) is 0.722. The lowest BCUT2D eigenvalue weighted by atomic mass is 10.1. The summed E-state index contributed by atoms with van der Waals surface area (Å²) in [6, 6.07) is 7.23. The van der Waals surface area contributed by atoms with E-state index >= 15 is 0 Å². The van der Waals surface area contributed by atoms with Crippen LogP contribution in [-0.4, -0.2) is 21.0 Å². The van der Waals surface area contributed by atoms with Crippen molar-refractivity contribution in [2.75, 3.05) is 5.73 Å². The average molecular weight is 217 g/mol. The number of hydrogen-bond donors (Lipinski definition) is 3. The van der Waals surface area contributed by atoms with Crippen molar-refractivity contribution in [3.05, 3.63) is 36.0 Å². The lowest BCUT2D eigenvalue weighted by Crippen LogP contribution is -1.99. The molecule has 5 nitrogen and oxygen atoms in total. The van der Waals surface area contributed by atoms with Crippen molar-refractivity contribution in [2.45, 2.75) is 6.42 Å². The van der Waals surface area contributed by atoms with Crippen LogP contribution in [-0.2, 0) is 11.2 Å². The van der Waals surface area contributed by atoms with Crippen LogP contribution in [0.15, 0.2) is 30.5 Å². The third kappa shape index (κ3) is 2.20. The number of hydrogen-bond acceptors (Lipinski definition) is 3. The summed E-state index contributed by atoms with van der Waals surface area (Å²) < 4.78 is 0. The van der Waals surface area contributed by atoms with Gasteiger partial charge in [0.25, 0.3) is 0 Å². The Labute approximate surface area is 91.9 Å². The number of H-pyrrole nitrogens is 1. The van der Waals surface area contributed by atoms with Gasteiger partial charge in [-0.25, -0.2) is 4.98 Å². The van der Waals surface area contributed by atoms with Gasteiger partial charge in [0.15, 0.2) is 5.95 Å². The number of carbonyl (C=O) groups is 1. The molecule has 0 atom stereocenters. The second-order valence-electron chi connectivity index (χ2n) is 3.45. The third-order valence-electron chi connectivity index (χ3n) is 2.22. The molecular formula is C11H11N3O2. The van der Waals surface area contributed by atoms with Gasteiger partial charge in [-0.3, -0.25) is 4.79 Å². The molecule has 0 aliphatic rings. The Morgan fingerprint density at radius 3 is 2.56 bits per heavy atom. The van der Waals surface area contributed by atoms with Gasteiger partial charge in [0.2, 0.25) is 0 Å². The molecule has 82 valence electrons. The summed E-state index contributed by atoms with van der Waals surface area (Å²) in [6.07, 6.45) is 1.67. The first-order valence-electron chi connectivity index (χ1n) is 4.77. The van der Waals surface area contributed by atoms with E-state index < -0.39 is 5.97 Å². The van der Waals surface area contributed by atoms with E-state index in [0.717, 1.165) is 16.8 Å². The number of nitrogens with one attached hydrogen (secondary N) is 1. The molecule has 2 rings (SSSR count). The molecule has 0 radical (unpaired) electrons. The first-order chi connectivity index (χ1) is 7.65. The highest BCUT2D eigenvalue weighted by Crippen LogP contribution is 2.18. The standard InChI is InChI=1S/C11H11N3O2/c12-11-13-6-9(14-11)8-3-1-7(2-4-8)5-10(15)16/h1-4,6H,5H2,(H,15,16)(H3,12,13,14). The Balaban J connectivity index is 2.22. The van der Waals surface area contributed by atoms with Crippen LogP contribution in [0.2, 0.25) is 0 Å². The predicted molar refractivity (Wildman–Crippen MR) is 59.8 cm³/mol. The van der Waals surface area contributed by atoms with Crippen molar-refractivity contribution in [1.82, 2.24) is 9.97 Å². The summed E-state index contributed by atoms with van der Waals surface area (Å²) in [7, 11) is 0. The van der Waals surface area contributed by atoms with Gasteiger partial charge in [0.05, 0.1) is 18.3 Å². The van der Waals surface area contributed by atoms with Crippen LogP contribution in [0.1, 0.15) is 5.56 Å². The molecule has 1 aromatic heterocycles. The number of carboxylic acids is 1. The van der Waals surface area contributed by atoms with E-state index in [1.165, 1.54) is 0 Å². The van der Waals surface area contributed by atoms with Crippen molar-refractivity contribution in [3.63, 3.8) is 0 Å². The summed E-state index contributed by atoms with van der Waals surface area (Å²) >= 11 is 0. The number of aliphatic carboxylic acids is 1. The van der Waals surface area contributed by atoms with Crippen molar-refractivity contribution in [3.8, 4) is 11.3 Å². The molecule has 2 aromatic rings. The van der Waals surface area contributed by atoms with Crippen LogP contribution in [0.3, 0.4) is 0 Å². The summed E-state index contributed by atoms with van der Waals surface area (Å²) in [5.41, 5.74) is 7.98. The second-order valence-corrected chi connectivity index (χ2v) is 3.45. The fourth-order valence-corrected chi connectivity index (χ4v) is 1.46. The maximum Gasteiger partial charge on any atom is 0.307 e. The fourth-order valence-electron chi connectivity index (χ4n) is 1.46. The summed E-state index contributed by atoms with van der Waals surface area (Å²) in [5, 5.41) is 8.62. The Morgan fingerprint density at radius 1 is 1.38 bits per heavy atom. The largest absolute Gasteiger partial charge is 0.481 e. The van der Waals surface area contributed by atoms with Crippen LogP contribution in [0.4, 0.5) is 5.95 Å². The van der Waals surface area contributed by atoms with Crippen molar-refractivity contribution in [2.24, 2.45) is 0 Å². The van der Waals surface area contributed by atoms with Gasteiger partial charge in [0.1, 0.15) is 0 Å². The Hall–Kier alpha value is -2.30.